The Bertz CT molecular complexity index is 908. The molecule has 10 heteroatoms. The fourth-order valence-corrected chi connectivity index (χ4v) is 3.79. The molecule has 1 heterocycles. The first kappa shape index (κ1) is 20.9. The van der Waals surface area contributed by atoms with E-state index in [1.165, 1.54) is 50.7 Å². The Kier molecular flexibility index (Phi) is 6.94. The number of rotatable bonds is 8. The van der Waals surface area contributed by atoms with Crippen molar-refractivity contribution in [1.29, 1.82) is 0 Å². The van der Waals surface area contributed by atoms with Crippen LogP contribution in [0.1, 0.15) is 15.2 Å². The summed E-state index contributed by atoms with van der Waals surface area (Å²) in [5.41, 5.74) is 0.00211. The summed E-state index contributed by atoms with van der Waals surface area (Å²) in [6, 6.07) is 7.65. The van der Waals surface area contributed by atoms with Crippen LogP contribution in [0.25, 0.3) is 0 Å². The van der Waals surface area contributed by atoms with E-state index in [1.54, 1.807) is 0 Å². The van der Waals surface area contributed by atoms with E-state index in [1.807, 2.05) is 17.5 Å². The zero-order valence-electron chi connectivity index (χ0n) is 15.1. The van der Waals surface area contributed by atoms with Gasteiger partial charge in [0.05, 0.1) is 19.2 Å². The number of sulfonamides is 1. The number of hydrogen-bond acceptors (Lipinski definition) is 7. The molecule has 0 aliphatic carbocycles. The number of hydrogen-bond donors (Lipinski definition) is 1. The predicted molar refractivity (Wildman–Crippen MR) is 100 cm³/mol. The van der Waals surface area contributed by atoms with E-state index in [-0.39, 0.29) is 16.2 Å². The van der Waals surface area contributed by atoms with Crippen molar-refractivity contribution in [2.75, 3.05) is 27.8 Å². The van der Waals surface area contributed by atoms with Gasteiger partial charge in [0.25, 0.3) is 5.91 Å². The van der Waals surface area contributed by atoms with Gasteiger partial charge in [0, 0.05) is 19.0 Å². The first-order valence-corrected chi connectivity index (χ1v) is 10.1. The van der Waals surface area contributed by atoms with Crippen molar-refractivity contribution in [2.24, 2.45) is 0 Å². The maximum Gasteiger partial charge on any atom is 0.338 e. The summed E-state index contributed by atoms with van der Waals surface area (Å²) in [7, 11) is 0.260. The number of methoxy groups -OCH3 is 1. The van der Waals surface area contributed by atoms with Gasteiger partial charge in [-0.2, -0.15) is 0 Å². The molecule has 0 spiro atoms. The number of carbonyl (C=O) groups is 2. The molecule has 0 aliphatic rings. The van der Waals surface area contributed by atoms with Crippen LogP contribution >= 0.6 is 11.3 Å². The van der Waals surface area contributed by atoms with E-state index in [9.17, 15) is 18.0 Å². The average molecular weight is 412 g/mol. The van der Waals surface area contributed by atoms with Crippen molar-refractivity contribution in [3.63, 3.8) is 0 Å². The van der Waals surface area contributed by atoms with E-state index >= 15 is 0 Å². The van der Waals surface area contributed by atoms with Gasteiger partial charge in [-0.15, -0.1) is 11.3 Å². The van der Waals surface area contributed by atoms with Gasteiger partial charge in [-0.1, -0.05) is 6.07 Å². The number of benzene rings is 1. The highest BCUT2D eigenvalue weighted by atomic mass is 32.2. The van der Waals surface area contributed by atoms with E-state index in [4.69, 9.17) is 9.47 Å². The smallest absolute Gasteiger partial charge is 0.338 e. The van der Waals surface area contributed by atoms with Crippen LogP contribution in [-0.4, -0.2) is 52.4 Å². The number of carbonyl (C=O) groups excluding carboxylic acids is 2. The zero-order chi connectivity index (χ0) is 20.0. The summed E-state index contributed by atoms with van der Waals surface area (Å²) >= 11 is 1.50. The molecule has 0 unspecified atom stereocenters. The van der Waals surface area contributed by atoms with Crippen molar-refractivity contribution in [3.05, 3.63) is 46.2 Å². The van der Waals surface area contributed by atoms with E-state index in [2.05, 4.69) is 5.32 Å². The molecule has 0 saturated carbocycles. The highest BCUT2D eigenvalue weighted by Gasteiger charge is 2.24. The van der Waals surface area contributed by atoms with Crippen LogP contribution in [0.3, 0.4) is 0 Å². The maximum absolute atomic E-state index is 12.4. The van der Waals surface area contributed by atoms with E-state index < -0.39 is 28.5 Å². The Morgan fingerprint density at radius 3 is 2.56 bits per heavy atom. The largest absolute Gasteiger partial charge is 0.495 e. The Morgan fingerprint density at radius 1 is 1.22 bits per heavy atom. The summed E-state index contributed by atoms with van der Waals surface area (Å²) in [5.74, 6) is -1.15. The maximum atomic E-state index is 12.4. The molecule has 2 rings (SSSR count). The zero-order valence-corrected chi connectivity index (χ0v) is 16.7. The molecule has 0 atom stereocenters. The summed E-state index contributed by atoms with van der Waals surface area (Å²) in [6.45, 7) is -0.117. The molecular weight excluding hydrogens is 392 g/mol. The first-order chi connectivity index (χ1) is 12.8. The molecule has 0 radical (unpaired) electrons. The fraction of sp³-hybridized carbons (Fsp3) is 0.294. The van der Waals surface area contributed by atoms with Crippen molar-refractivity contribution in [1.82, 2.24) is 9.62 Å². The van der Waals surface area contributed by atoms with E-state index in [0.29, 0.717) is 6.54 Å². The third-order valence-corrected chi connectivity index (χ3v) is 6.24. The van der Waals surface area contributed by atoms with Crippen molar-refractivity contribution >= 4 is 33.2 Å². The fourth-order valence-electron chi connectivity index (χ4n) is 2.07. The molecule has 1 N–H and O–H groups in total. The number of esters is 1. The summed E-state index contributed by atoms with van der Waals surface area (Å²) in [5, 5.41) is 4.53. The van der Waals surface area contributed by atoms with Crippen LogP contribution < -0.4 is 10.1 Å². The lowest BCUT2D eigenvalue weighted by molar-refractivity contribution is -0.124. The molecule has 27 heavy (non-hydrogen) atoms. The number of thiophene rings is 1. The molecule has 1 aromatic heterocycles. The second kappa shape index (κ2) is 8.98. The standard InChI is InChI=1S/C17H20N2O6S2/c1-19(2)27(22,23)15-9-12(6-7-14(15)24-3)17(21)25-11-16(20)18-10-13-5-4-8-26-13/h4-9H,10-11H2,1-3H3,(H,18,20). The SMILES string of the molecule is COc1ccc(C(=O)OCC(=O)NCc2cccs2)cc1S(=O)(=O)N(C)C. The number of amides is 1. The van der Waals surface area contributed by atoms with Gasteiger partial charge < -0.3 is 14.8 Å². The second-order valence-corrected chi connectivity index (χ2v) is 8.74. The quantitative estimate of drug-likeness (QED) is 0.659. The highest BCUT2D eigenvalue weighted by molar-refractivity contribution is 7.89. The summed E-state index contributed by atoms with van der Waals surface area (Å²) < 4.78 is 35.8. The molecule has 0 saturated heterocycles. The van der Waals surface area contributed by atoms with Gasteiger partial charge in [0.1, 0.15) is 10.6 Å². The molecule has 0 bridgehead atoms. The Morgan fingerprint density at radius 2 is 1.96 bits per heavy atom. The van der Waals surface area contributed by atoms with E-state index in [0.717, 1.165) is 9.18 Å². The minimum atomic E-state index is -3.82. The molecular formula is C17H20N2O6S2. The number of nitrogens with zero attached hydrogens (tertiary/aromatic N) is 1. The molecule has 8 nitrogen and oxygen atoms in total. The molecule has 0 aliphatic heterocycles. The van der Waals surface area contributed by atoms with Gasteiger partial charge in [-0.05, 0) is 29.6 Å². The lowest BCUT2D eigenvalue weighted by Gasteiger charge is -2.15. The van der Waals surface area contributed by atoms with Crippen LogP contribution in [0.2, 0.25) is 0 Å². The average Bonchev–Trinajstić information content (AvgIpc) is 3.17. The van der Waals surface area contributed by atoms with Crippen molar-refractivity contribution in [2.45, 2.75) is 11.4 Å². The summed E-state index contributed by atoms with van der Waals surface area (Å²) in [4.78, 5) is 24.8. The minimum absolute atomic E-state index is 0.00211. The van der Waals surface area contributed by atoms with Gasteiger partial charge in [-0.3, -0.25) is 4.79 Å². The van der Waals surface area contributed by atoms with Crippen LogP contribution in [0, 0.1) is 0 Å². The second-order valence-electron chi connectivity index (χ2n) is 5.59. The minimum Gasteiger partial charge on any atom is -0.495 e. The third-order valence-electron chi connectivity index (χ3n) is 3.53. The normalized spacial score (nSPS) is 11.3. The number of nitrogens with one attached hydrogen (secondary N) is 1. The van der Waals surface area contributed by atoms with Crippen molar-refractivity contribution < 1.29 is 27.5 Å². The van der Waals surface area contributed by atoms with Gasteiger partial charge in [-0.25, -0.2) is 17.5 Å². The monoisotopic (exact) mass is 412 g/mol. The molecule has 1 aromatic carbocycles. The van der Waals surface area contributed by atoms with Crippen LogP contribution in [-0.2, 0) is 26.1 Å². The molecule has 1 amide bonds. The molecule has 146 valence electrons. The Labute approximate surface area is 161 Å². The van der Waals surface area contributed by atoms with Gasteiger partial charge in [0.2, 0.25) is 10.0 Å². The van der Waals surface area contributed by atoms with Crippen molar-refractivity contribution in [3.8, 4) is 5.75 Å². The Hall–Kier alpha value is -2.43. The van der Waals surface area contributed by atoms with Crippen LogP contribution in [0.5, 0.6) is 5.75 Å². The highest BCUT2D eigenvalue weighted by Crippen LogP contribution is 2.27. The molecule has 2 aromatic rings. The summed E-state index contributed by atoms with van der Waals surface area (Å²) in [6.07, 6.45) is 0. The Balaban J connectivity index is 2.04. The van der Waals surface area contributed by atoms with Gasteiger partial charge >= 0.3 is 5.97 Å². The predicted octanol–water partition coefficient (Wildman–Crippen LogP) is 1.48. The lowest BCUT2D eigenvalue weighted by Crippen LogP contribution is -2.28. The topological polar surface area (TPSA) is 102 Å². The third kappa shape index (κ3) is 5.28. The van der Waals surface area contributed by atoms with Crippen LogP contribution in [0.4, 0.5) is 0 Å². The molecule has 0 fully saturated rings. The van der Waals surface area contributed by atoms with Gasteiger partial charge in [0.15, 0.2) is 6.61 Å². The first-order valence-electron chi connectivity index (χ1n) is 7.82. The lowest BCUT2D eigenvalue weighted by atomic mass is 10.2. The number of ether oxygens (including phenoxy) is 2. The van der Waals surface area contributed by atoms with Crippen LogP contribution in [0.15, 0.2) is 40.6 Å².